The van der Waals surface area contributed by atoms with Gasteiger partial charge in [-0.15, -0.1) is 22.0 Å². The van der Waals surface area contributed by atoms with Gasteiger partial charge in [0.15, 0.2) is 5.82 Å². The molecule has 2 heterocycles. The third-order valence-corrected chi connectivity index (χ3v) is 5.71. The molecular weight excluding hydrogens is 344 g/mol. The van der Waals surface area contributed by atoms with Crippen molar-refractivity contribution in [2.45, 2.75) is 36.1 Å². The Morgan fingerprint density at radius 2 is 1.81 bits per heavy atom. The quantitative estimate of drug-likeness (QED) is 0.681. The van der Waals surface area contributed by atoms with Crippen molar-refractivity contribution in [3.63, 3.8) is 0 Å². The maximum atomic E-state index is 13.0. The van der Waals surface area contributed by atoms with Crippen LogP contribution in [0.15, 0.2) is 65.6 Å². The lowest BCUT2D eigenvalue weighted by atomic mass is 10.1. The minimum absolute atomic E-state index is 0.0135. The molecule has 132 valence electrons. The highest BCUT2D eigenvalue weighted by Crippen LogP contribution is 2.35. The lowest BCUT2D eigenvalue weighted by molar-refractivity contribution is -0.120. The number of thioether (sulfide) groups is 1. The summed E-state index contributed by atoms with van der Waals surface area (Å²) in [5.74, 6) is 1.84. The predicted molar refractivity (Wildman–Crippen MR) is 102 cm³/mol. The molecule has 1 N–H and O–H groups in total. The molecule has 3 aromatic rings. The Morgan fingerprint density at radius 1 is 1.08 bits per heavy atom. The van der Waals surface area contributed by atoms with E-state index in [4.69, 9.17) is 0 Å². The predicted octanol–water partition coefficient (Wildman–Crippen LogP) is 3.37. The molecule has 4 rings (SSSR count). The number of hydrogen-bond donors (Lipinski definition) is 1. The van der Waals surface area contributed by atoms with Gasteiger partial charge in [0.2, 0.25) is 5.91 Å². The molecule has 1 aliphatic heterocycles. The van der Waals surface area contributed by atoms with E-state index in [1.165, 1.54) is 0 Å². The number of fused-ring (bicyclic) bond motifs is 1. The summed E-state index contributed by atoms with van der Waals surface area (Å²) in [7, 11) is 0. The van der Waals surface area contributed by atoms with Crippen molar-refractivity contribution in [2.24, 2.45) is 0 Å². The van der Waals surface area contributed by atoms with E-state index in [0.29, 0.717) is 6.54 Å². The van der Waals surface area contributed by atoms with Crippen molar-refractivity contribution >= 4 is 17.7 Å². The van der Waals surface area contributed by atoms with Crippen LogP contribution in [0.1, 0.15) is 28.9 Å². The monoisotopic (exact) mass is 364 g/mol. The maximum absolute atomic E-state index is 13.0. The second-order valence-electron chi connectivity index (χ2n) is 6.23. The van der Waals surface area contributed by atoms with Crippen LogP contribution < -0.4 is 5.32 Å². The van der Waals surface area contributed by atoms with Crippen LogP contribution >= 0.6 is 11.8 Å². The lowest BCUT2D eigenvalue weighted by Crippen LogP contribution is -2.28. The van der Waals surface area contributed by atoms with E-state index in [9.17, 15) is 4.79 Å². The zero-order valence-corrected chi connectivity index (χ0v) is 15.2. The van der Waals surface area contributed by atoms with Crippen molar-refractivity contribution < 1.29 is 4.79 Å². The number of carbonyl (C=O) groups is 1. The van der Waals surface area contributed by atoms with Gasteiger partial charge in [-0.2, -0.15) is 0 Å². The molecule has 5 nitrogen and oxygen atoms in total. The van der Waals surface area contributed by atoms with E-state index in [0.717, 1.165) is 41.5 Å². The molecule has 0 saturated carbocycles. The number of amides is 1. The number of aryl methyl sites for hydroxylation is 1. The summed E-state index contributed by atoms with van der Waals surface area (Å²) in [4.78, 5) is 14.0. The molecule has 2 aromatic carbocycles. The van der Waals surface area contributed by atoms with Crippen LogP contribution in [-0.2, 0) is 24.3 Å². The Morgan fingerprint density at radius 3 is 2.58 bits per heavy atom. The Kier molecular flexibility index (Phi) is 5.02. The topological polar surface area (TPSA) is 59.8 Å². The number of nitrogens with one attached hydrogen (secondary N) is 1. The third-order valence-electron chi connectivity index (χ3n) is 4.44. The van der Waals surface area contributed by atoms with Crippen LogP contribution in [0.5, 0.6) is 0 Å². The van der Waals surface area contributed by atoms with Gasteiger partial charge in [-0.3, -0.25) is 4.79 Å². The van der Waals surface area contributed by atoms with E-state index in [2.05, 4.69) is 20.1 Å². The molecule has 0 bridgehead atoms. The smallest absolute Gasteiger partial charge is 0.238 e. The Labute approximate surface area is 156 Å². The number of carbonyl (C=O) groups excluding carboxylic acids is 1. The Balaban J connectivity index is 1.50. The number of nitrogens with zero attached hydrogens (tertiary/aromatic N) is 3. The summed E-state index contributed by atoms with van der Waals surface area (Å²) >= 11 is 1.56. The van der Waals surface area contributed by atoms with Crippen LogP contribution in [0.25, 0.3) is 0 Å². The van der Waals surface area contributed by atoms with E-state index in [1.54, 1.807) is 11.8 Å². The van der Waals surface area contributed by atoms with Crippen molar-refractivity contribution in [3.8, 4) is 0 Å². The second kappa shape index (κ2) is 7.74. The third kappa shape index (κ3) is 3.65. The van der Waals surface area contributed by atoms with Gasteiger partial charge in [-0.1, -0.05) is 48.5 Å². The highest BCUT2D eigenvalue weighted by molar-refractivity contribution is 8.00. The standard InChI is InChI=1S/C20H20N4OS/c25-20(21-14-18-23-22-17-12-7-13-24(17)18)19(15-8-3-1-4-9-15)26-16-10-5-2-6-11-16/h1-6,8-11,19H,7,12-14H2,(H,21,25). The van der Waals surface area contributed by atoms with Gasteiger partial charge in [0, 0.05) is 17.9 Å². The maximum Gasteiger partial charge on any atom is 0.238 e. The molecule has 1 atom stereocenters. The SMILES string of the molecule is O=C(NCc1nnc2n1CCC2)C(Sc1ccccc1)c1ccccc1. The van der Waals surface area contributed by atoms with E-state index in [1.807, 2.05) is 60.7 Å². The second-order valence-corrected chi connectivity index (χ2v) is 7.41. The molecule has 1 aliphatic rings. The van der Waals surface area contributed by atoms with Gasteiger partial charge >= 0.3 is 0 Å². The first kappa shape index (κ1) is 16.8. The summed E-state index contributed by atoms with van der Waals surface area (Å²) in [6.07, 6.45) is 2.07. The average Bonchev–Trinajstić information content (AvgIpc) is 3.30. The summed E-state index contributed by atoms with van der Waals surface area (Å²) in [5, 5.41) is 11.2. The first-order valence-corrected chi connectivity index (χ1v) is 9.64. The largest absolute Gasteiger partial charge is 0.348 e. The number of aromatic nitrogens is 3. The van der Waals surface area contributed by atoms with Gasteiger partial charge < -0.3 is 9.88 Å². The normalized spacial score (nSPS) is 14.0. The van der Waals surface area contributed by atoms with Crippen molar-refractivity contribution in [1.82, 2.24) is 20.1 Å². The molecule has 6 heteroatoms. The van der Waals surface area contributed by atoms with E-state index >= 15 is 0 Å². The summed E-state index contributed by atoms with van der Waals surface area (Å²) < 4.78 is 2.11. The highest BCUT2D eigenvalue weighted by Gasteiger charge is 2.23. The number of benzene rings is 2. The average molecular weight is 364 g/mol. The van der Waals surface area contributed by atoms with Crippen LogP contribution in [-0.4, -0.2) is 20.7 Å². The first-order valence-electron chi connectivity index (χ1n) is 8.76. The minimum Gasteiger partial charge on any atom is -0.348 e. The lowest BCUT2D eigenvalue weighted by Gasteiger charge is -2.17. The molecule has 0 radical (unpaired) electrons. The summed E-state index contributed by atoms with van der Waals surface area (Å²) in [6, 6.07) is 19.9. The highest BCUT2D eigenvalue weighted by atomic mass is 32.2. The van der Waals surface area contributed by atoms with Crippen LogP contribution in [0, 0.1) is 0 Å². The molecule has 0 saturated heterocycles. The van der Waals surface area contributed by atoms with E-state index < -0.39 is 0 Å². The Bertz CT molecular complexity index is 879. The zero-order chi connectivity index (χ0) is 17.8. The van der Waals surface area contributed by atoms with Gasteiger partial charge in [0.25, 0.3) is 0 Å². The minimum atomic E-state index is -0.306. The van der Waals surface area contributed by atoms with Crippen LogP contribution in [0.3, 0.4) is 0 Å². The fraction of sp³-hybridized carbons (Fsp3) is 0.250. The number of rotatable bonds is 6. The molecule has 1 aromatic heterocycles. The molecule has 0 fully saturated rings. The molecule has 1 amide bonds. The van der Waals surface area contributed by atoms with E-state index in [-0.39, 0.29) is 11.2 Å². The van der Waals surface area contributed by atoms with Crippen LogP contribution in [0.4, 0.5) is 0 Å². The van der Waals surface area contributed by atoms with Crippen molar-refractivity contribution in [2.75, 3.05) is 0 Å². The van der Waals surface area contributed by atoms with Gasteiger partial charge in [-0.05, 0) is 24.1 Å². The van der Waals surface area contributed by atoms with Crippen molar-refractivity contribution in [1.29, 1.82) is 0 Å². The fourth-order valence-electron chi connectivity index (χ4n) is 3.14. The molecule has 26 heavy (non-hydrogen) atoms. The first-order chi connectivity index (χ1) is 12.8. The number of hydrogen-bond acceptors (Lipinski definition) is 4. The summed E-state index contributed by atoms with van der Waals surface area (Å²) in [6.45, 7) is 1.35. The summed E-state index contributed by atoms with van der Waals surface area (Å²) in [5.41, 5.74) is 0.991. The van der Waals surface area contributed by atoms with Crippen molar-refractivity contribution in [3.05, 3.63) is 77.9 Å². The molecule has 0 aliphatic carbocycles. The Hall–Kier alpha value is -2.60. The zero-order valence-electron chi connectivity index (χ0n) is 14.3. The molecule has 0 spiro atoms. The fourth-order valence-corrected chi connectivity index (χ4v) is 4.21. The van der Waals surface area contributed by atoms with Gasteiger partial charge in [0.05, 0.1) is 6.54 Å². The van der Waals surface area contributed by atoms with Crippen LogP contribution in [0.2, 0.25) is 0 Å². The molecular formula is C20H20N4OS. The van der Waals surface area contributed by atoms with Gasteiger partial charge in [-0.25, -0.2) is 0 Å². The van der Waals surface area contributed by atoms with Gasteiger partial charge in [0.1, 0.15) is 11.1 Å². The molecule has 1 unspecified atom stereocenters.